The number of benzene rings is 2. The first-order valence-electron chi connectivity index (χ1n) is 13.1. The number of carbonyl (C=O) groups is 2. The Balaban J connectivity index is 0.885. The molecule has 4 heterocycles. The zero-order valence-corrected chi connectivity index (χ0v) is 26.0. The largest absolute Gasteiger partial charge is 0.300 e. The third kappa shape index (κ3) is 7.63. The Morgan fingerprint density at radius 3 is 1.93 bits per heavy atom. The number of hydrogen-bond donors (Lipinski definition) is 1. The molecule has 12 heteroatoms. The van der Waals surface area contributed by atoms with Crippen LogP contribution in [-0.4, -0.2) is 43.6 Å². The van der Waals surface area contributed by atoms with Crippen LogP contribution >= 0.6 is 57.1 Å². The van der Waals surface area contributed by atoms with Gasteiger partial charge in [0.1, 0.15) is 20.8 Å². The minimum atomic E-state index is -0.0770. The van der Waals surface area contributed by atoms with Crippen LogP contribution in [0.15, 0.2) is 60.7 Å². The molecule has 0 unspecified atom stereocenters. The number of hydrogen-bond acceptors (Lipinski definition) is 11. The average Bonchev–Trinajstić information content (AvgIpc) is 3.75. The highest BCUT2D eigenvalue weighted by Crippen LogP contribution is 2.27. The summed E-state index contributed by atoms with van der Waals surface area (Å²) in [6.07, 6.45) is 2.72. The number of nitrogens with zero attached hydrogens (tertiary/aromatic N) is 4. The van der Waals surface area contributed by atoms with Crippen LogP contribution in [0.2, 0.25) is 0 Å². The van der Waals surface area contributed by atoms with Gasteiger partial charge in [-0.25, -0.2) is 0 Å². The molecule has 0 atom stereocenters. The van der Waals surface area contributed by atoms with E-state index in [2.05, 4.69) is 62.1 Å². The molecule has 6 rings (SSSR count). The van der Waals surface area contributed by atoms with E-state index < -0.39 is 0 Å². The molecule has 208 valence electrons. The van der Waals surface area contributed by atoms with Crippen molar-refractivity contribution in [3.8, 4) is 0 Å². The minimum absolute atomic E-state index is 0.0770. The zero-order chi connectivity index (χ0) is 28.0. The number of carbonyl (C=O) groups excluding carboxylic acids is 2. The molecule has 2 aromatic carbocycles. The predicted octanol–water partition coefficient (Wildman–Crippen LogP) is 6.87. The summed E-state index contributed by atoms with van der Waals surface area (Å²) in [5.41, 5.74) is 0. The van der Waals surface area contributed by atoms with Crippen molar-refractivity contribution in [2.24, 2.45) is 0 Å². The molecule has 0 aliphatic heterocycles. The maximum Gasteiger partial charge on any atom is 0.231 e. The van der Waals surface area contributed by atoms with Crippen LogP contribution in [0.1, 0.15) is 24.8 Å². The van der Waals surface area contributed by atoms with Crippen molar-refractivity contribution in [3.63, 3.8) is 0 Å². The fraction of sp³-hybridized carbons (Fsp3) is 0.241. The van der Waals surface area contributed by atoms with Crippen LogP contribution in [0, 0.1) is 0 Å². The summed E-state index contributed by atoms with van der Waals surface area (Å²) >= 11 is 8.10. The molecule has 0 spiro atoms. The first kappa shape index (κ1) is 28.1. The second-order valence-corrected chi connectivity index (χ2v) is 15.1. The Morgan fingerprint density at radius 1 is 0.659 bits per heavy atom. The number of aromatic nitrogens is 4. The topological polar surface area (TPSA) is 97.7 Å². The normalized spacial score (nSPS) is 11.4. The lowest BCUT2D eigenvalue weighted by molar-refractivity contribution is -0.118. The highest BCUT2D eigenvalue weighted by molar-refractivity contribution is 7.99. The van der Waals surface area contributed by atoms with Crippen molar-refractivity contribution in [1.29, 1.82) is 0 Å². The lowest BCUT2D eigenvalue weighted by Gasteiger charge is -1.98. The smallest absolute Gasteiger partial charge is 0.231 e. The first-order valence-corrected chi connectivity index (χ1v) is 17.5. The van der Waals surface area contributed by atoms with E-state index in [1.807, 2.05) is 36.0 Å². The molecule has 0 saturated carbocycles. The van der Waals surface area contributed by atoms with E-state index in [9.17, 15) is 9.59 Å². The number of ketones is 1. The maximum atomic E-state index is 12.6. The van der Waals surface area contributed by atoms with Gasteiger partial charge in [0.05, 0.1) is 12.8 Å². The molecule has 0 fully saturated rings. The van der Waals surface area contributed by atoms with Gasteiger partial charge in [-0.3, -0.25) is 9.59 Å². The highest BCUT2D eigenvalue weighted by Gasteiger charge is 2.13. The number of amides is 1. The minimum Gasteiger partial charge on any atom is -0.300 e. The van der Waals surface area contributed by atoms with E-state index in [0.29, 0.717) is 24.4 Å². The Bertz CT molecular complexity index is 1610. The number of aryl methyl sites for hydroxylation is 2. The molecule has 6 aromatic rings. The molecule has 0 aliphatic carbocycles. The number of thiophene rings is 2. The van der Waals surface area contributed by atoms with Crippen LogP contribution in [0.4, 0.5) is 5.13 Å². The first-order chi connectivity index (χ1) is 20.1. The average molecular weight is 636 g/mol. The number of thioether (sulfide) groups is 1. The van der Waals surface area contributed by atoms with Crippen LogP contribution in [0.25, 0.3) is 20.2 Å². The second-order valence-electron chi connectivity index (χ2n) is 9.32. The van der Waals surface area contributed by atoms with Gasteiger partial charge in [0.2, 0.25) is 11.0 Å². The van der Waals surface area contributed by atoms with Gasteiger partial charge in [-0.15, -0.1) is 54.4 Å². The molecule has 41 heavy (non-hydrogen) atoms. The van der Waals surface area contributed by atoms with Gasteiger partial charge in [0.15, 0.2) is 0 Å². The van der Waals surface area contributed by atoms with E-state index in [4.69, 9.17) is 0 Å². The fourth-order valence-electron chi connectivity index (χ4n) is 4.28. The van der Waals surface area contributed by atoms with Gasteiger partial charge in [-0.05, 0) is 46.5 Å². The highest BCUT2D eigenvalue weighted by atomic mass is 32.2. The van der Waals surface area contributed by atoms with Gasteiger partial charge in [-0.2, -0.15) is 11.8 Å². The number of anilines is 1. The number of rotatable bonds is 13. The van der Waals surface area contributed by atoms with Gasteiger partial charge < -0.3 is 5.32 Å². The molecule has 0 saturated heterocycles. The Morgan fingerprint density at radius 2 is 1.24 bits per heavy atom. The van der Waals surface area contributed by atoms with E-state index in [1.54, 1.807) is 22.7 Å². The third-order valence-corrected chi connectivity index (χ3v) is 11.2. The van der Waals surface area contributed by atoms with Crippen molar-refractivity contribution in [2.45, 2.75) is 32.1 Å². The van der Waals surface area contributed by atoms with Crippen molar-refractivity contribution < 1.29 is 9.59 Å². The second kappa shape index (κ2) is 13.3. The lowest BCUT2D eigenvalue weighted by atomic mass is 10.2. The van der Waals surface area contributed by atoms with E-state index >= 15 is 0 Å². The summed E-state index contributed by atoms with van der Waals surface area (Å²) in [4.78, 5) is 27.2. The standard InChI is InChI=1S/C29H25N5O2S5/c35-20(15-21-13-18-5-1-3-7-23(18)38-21)16-28-33-31-26(40-28)9-11-37-12-10-27-32-34-29(41-27)30-25(36)17-22-14-19-6-2-4-8-24(19)39-22/h1-8,13-14H,9-12,15-17H2,(H,30,34,36). The molecule has 4 aromatic heterocycles. The maximum absolute atomic E-state index is 12.6. The summed E-state index contributed by atoms with van der Waals surface area (Å²) in [6, 6.07) is 20.5. The van der Waals surface area contributed by atoms with Crippen LogP contribution in [-0.2, 0) is 41.7 Å². The SMILES string of the molecule is O=C(Cc1cc2ccccc2s1)Cc1nnc(CCSCCc2nnc(NC(=O)Cc3cc4ccccc4s3)s2)s1. The zero-order valence-electron chi connectivity index (χ0n) is 21.9. The van der Waals surface area contributed by atoms with Gasteiger partial charge in [0, 0.05) is 38.4 Å². The van der Waals surface area contributed by atoms with Crippen molar-refractivity contribution in [2.75, 3.05) is 16.8 Å². The van der Waals surface area contributed by atoms with Gasteiger partial charge in [0.25, 0.3) is 0 Å². The van der Waals surface area contributed by atoms with E-state index in [-0.39, 0.29) is 11.7 Å². The number of nitrogens with one attached hydrogen (secondary N) is 1. The fourth-order valence-corrected chi connectivity index (χ4v) is 9.20. The third-order valence-electron chi connectivity index (χ3n) is 6.15. The number of Topliss-reactive ketones (excluding diaryl/α,β-unsaturated/α-hetero) is 1. The summed E-state index contributed by atoms with van der Waals surface area (Å²) in [7, 11) is 0. The van der Waals surface area contributed by atoms with Crippen molar-refractivity contribution >= 4 is 94.1 Å². The van der Waals surface area contributed by atoms with E-state index in [0.717, 1.165) is 54.5 Å². The Kier molecular flexibility index (Phi) is 9.12. The van der Waals surface area contributed by atoms with Crippen LogP contribution in [0.3, 0.4) is 0 Å². The summed E-state index contributed by atoms with van der Waals surface area (Å²) in [5, 5.41) is 25.3. The van der Waals surface area contributed by atoms with Gasteiger partial charge >= 0.3 is 0 Å². The molecule has 0 radical (unpaired) electrons. The number of fused-ring (bicyclic) bond motifs is 2. The quantitative estimate of drug-likeness (QED) is 0.138. The van der Waals surface area contributed by atoms with Crippen LogP contribution < -0.4 is 5.32 Å². The van der Waals surface area contributed by atoms with Crippen molar-refractivity contribution in [1.82, 2.24) is 20.4 Å². The lowest BCUT2D eigenvalue weighted by Crippen LogP contribution is -2.13. The molecule has 7 nitrogen and oxygen atoms in total. The molecular weight excluding hydrogens is 611 g/mol. The summed E-state index contributed by atoms with van der Waals surface area (Å²) in [5.74, 6) is 1.92. The molecule has 1 N–H and O–H groups in total. The van der Waals surface area contributed by atoms with Crippen LogP contribution in [0.5, 0.6) is 0 Å². The summed E-state index contributed by atoms with van der Waals surface area (Å²) in [6.45, 7) is 0. The van der Waals surface area contributed by atoms with E-state index in [1.165, 1.54) is 37.5 Å². The molecule has 0 aliphatic rings. The predicted molar refractivity (Wildman–Crippen MR) is 173 cm³/mol. The summed E-state index contributed by atoms with van der Waals surface area (Å²) < 4.78 is 2.40. The van der Waals surface area contributed by atoms with Crippen molar-refractivity contribution in [3.05, 3.63) is 85.4 Å². The molecule has 0 bridgehead atoms. The Labute approximate surface area is 257 Å². The molecule has 1 amide bonds. The monoisotopic (exact) mass is 635 g/mol. The molecular formula is C29H25N5O2S5. The van der Waals surface area contributed by atoms with Gasteiger partial charge in [-0.1, -0.05) is 47.7 Å². The Hall–Kier alpha value is -3.03.